The third kappa shape index (κ3) is 1.56. The van der Waals surface area contributed by atoms with Crippen LogP contribution in [-0.4, -0.2) is 5.78 Å². The van der Waals surface area contributed by atoms with Gasteiger partial charge in [-0.15, -0.1) is 0 Å². The Bertz CT molecular complexity index is 511. The van der Waals surface area contributed by atoms with Gasteiger partial charge in [0.05, 0.1) is 0 Å². The highest BCUT2D eigenvalue weighted by Crippen LogP contribution is 2.30. The van der Waals surface area contributed by atoms with Crippen LogP contribution in [0.1, 0.15) is 24.8 Å². The monoisotopic (exact) mass is 211 g/mol. The predicted octanol–water partition coefficient (Wildman–Crippen LogP) is 3.13. The molecule has 0 saturated carbocycles. The summed E-state index contributed by atoms with van der Waals surface area (Å²) in [7, 11) is 0. The maximum atomic E-state index is 11.4. The highest BCUT2D eigenvalue weighted by Gasteiger charge is 2.19. The van der Waals surface area contributed by atoms with Crippen LogP contribution >= 0.6 is 0 Å². The Labute approximate surface area is 94.7 Å². The number of carbonyl (C=O) groups is 1. The summed E-state index contributed by atoms with van der Waals surface area (Å²) in [4.78, 5) is 11.4. The summed E-state index contributed by atoms with van der Waals surface area (Å²) in [5.41, 5.74) is 4.68. The highest BCUT2D eigenvalue weighted by atomic mass is 16.1. The molecule has 2 heteroatoms. The summed E-state index contributed by atoms with van der Waals surface area (Å²) >= 11 is 0. The van der Waals surface area contributed by atoms with Gasteiger partial charge in [0.2, 0.25) is 0 Å². The molecular formula is C14H13NO. The molecule has 0 unspecified atom stereocenters. The van der Waals surface area contributed by atoms with E-state index >= 15 is 0 Å². The van der Waals surface area contributed by atoms with Gasteiger partial charge < -0.3 is 5.32 Å². The Hall–Kier alpha value is -1.83. The molecule has 2 nitrogen and oxygen atoms in total. The van der Waals surface area contributed by atoms with Gasteiger partial charge in [-0.1, -0.05) is 30.4 Å². The second-order valence-corrected chi connectivity index (χ2v) is 4.26. The number of allylic oxidation sites excluding steroid dienone is 3. The third-order valence-corrected chi connectivity index (χ3v) is 3.14. The van der Waals surface area contributed by atoms with Gasteiger partial charge in [-0.2, -0.15) is 0 Å². The molecule has 3 rings (SSSR count). The zero-order chi connectivity index (χ0) is 11.0. The normalized spacial score (nSPS) is 18.6. The molecule has 1 aromatic rings. The number of hydrogen-bond acceptors (Lipinski definition) is 2. The van der Waals surface area contributed by atoms with Gasteiger partial charge in [0.1, 0.15) is 5.78 Å². The first-order chi connectivity index (χ1) is 7.83. The van der Waals surface area contributed by atoms with E-state index in [1.54, 1.807) is 0 Å². The molecule has 1 aliphatic heterocycles. The predicted molar refractivity (Wildman–Crippen MR) is 65.0 cm³/mol. The van der Waals surface area contributed by atoms with Gasteiger partial charge in [-0.25, -0.2) is 0 Å². The van der Waals surface area contributed by atoms with Gasteiger partial charge in [-0.3, -0.25) is 4.79 Å². The van der Waals surface area contributed by atoms with E-state index in [0.717, 1.165) is 17.7 Å². The summed E-state index contributed by atoms with van der Waals surface area (Å²) in [5.74, 6) is 0.344. The number of carbonyl (C=O) groups excluding carboxylic acids is 1. The largest absolute Gasteiger partial charge is 0.358 e. The Morgan fingerprint density at radius 1 is 1.06 bits per heavy atom. The van der Waals surface area contributed by atoms with E-state index < -0.39 is 0 Å². The van der Waals surface area contributed by atoms with Gasteiger partial charge in [0.15, 0.2) is 0 Å². The molecule has 0 saturated heterocycles. The lowest BCUT2D eigenvalue weighted by molar-refractivity contribution is -0.118. The summed E-state index contributed by atoms with van der Waals surface area (Å²) in [6.45, 7) is 0. The third-order valence-electron chi connectivity index (χ3n) is 3.14. The van der Waals surface area contributed by atoms with Crippen molar-refractivity contribution in [2.24, 2.45) is 0 Å². The highest BCUT2D eigenvalue weighted by molar-refractivity contribution is 5.85. The van der Waals surface area contributed by atoms with Crippen LogP contribution in [0.5, 0.6) is 0 Å². The Balaban J connectivity index is 2.04. The van der Waals surface area contributed by atoms with Crippen molar-refractivity contribution in [2.45, 2.75) is 19.3 Å². The van der Waals surface area contributed by atoms with Crippen LogP contribution in [0.25, 0.3) is 6.08 Å². The molecule has 0 atom stereocenters. The molecule has 0 amide bonds. The fourth-order valence-corrected chi connectivity index (χ4v) is 2.24. The summed E-state index contributed by atoms with van der Waals surface area (Å²) in [6, 6.07) is 8.21. The topological polar surface area (TPSA) is 29.1 Å². The van der Waals surface area contributed by atoms with Crippen molar-refractivity contribution in [1.29, 1.82) is 0 Å². The van der Waals surface area contributed by atoms with Gasteiger partial charge >= 0.3 is 0 Å². The number of nitrogens with one attached hydrogen (secondary N) is 1. The van der Waals surface area contributed by atoms with Gasteiger partial charge in [0.25, 0.3) is 0 Å². The first-order valence-corrected chi connectivity index (χ1v) is 5.61. The van der Waals surface area contributed by atoms with Crippen molar-refractivity contribution in [3.63, 3.8) is 0 Å². The molecule has 0 aromatic heterocycles. The molecular weight excluding hydrogens is 198 g/mol. The van der Waals surface area contributed by atoms with Crippen LogP contribution in [0.15, 0.2) is 41.6 Å². The van der Waals surface area contributed by atoms with E-state index in [1.165, 1.54) is 11.3 Å². The van der Waals surface area contributed by atoms with E-state index in [-0.39, 0.29) is 0 Å². The Morgan fingerprint density at radius 3 is 2.88 bits per heavy atom. The first kappa shape index (κ1) is 9.40. The minimum atomic E-state index is 0.344. The lowest BCUT2D eigenvalue weighted by Gasteiger charge is -2.18. The number of benzene rings is 1. The van der Waals surface area contributed by atoms with Gasteiger partial charge in [0, 0.05) is 24.2 Å². The number of fused-ring (bicyclic) bond motifs is 1. The van der Waals surface area contributed by atoms with Crippen molar-refractivity contribution >= 4 is 17.5 Å². The average molecular weight is 211 g/mol. The lowest BCUT2D eigenvalue weighted by Crippen LogP contribution is -2.13. The molecule has 16 heavy (non-hydrogen) atoms. The van der Waals surface area contributed by atoms with Crippen LogP contribution in [0.4, 0.5) is 5.69 Å². The van der Waals surface area contributed by atoms with Crippen LogP contribution < -0.4 is 5.32 Å². The number of ketones is 1. The molecule has 80 valence electrons. The first-order valence-electron chi connectivity index (χ1n) is 5.61. The zero-order valence-corrected chi connectivity index (χ0v) is 8.99. The fourth-order valence-electron chi connectivity index (χ4n) is 2.24. The maximum absolute atomic E-state index is 11.4. The van der Waals surface area contributed by atoms with Crippen molar-refractivity contribution in [3.8, 4) is 0 Å². The second kappa shape index (κ2) is 3.63. The molecule has 0 bridgehead atoms. The number of Topliss-reactive ketones (excluding diaryl/α,β-unsaturated/α-hetero) is 1. The molecule has 1 aromatic carbocycles. The minimum absolute atomic E-state index is 0.344. The van der Waals surface area contributed by atoms with Crippen molar-refractivity contribution in [2.75, 3.05) is 5.32 Å². The van der Waals surface area contributed by atoms with Crippen molar-refractivity contribution < 1.29 is 4.79 Å². The molecule has 1 heterocycles. The van der Waals surface area contributed by atoms with Gasteiger partial charge in [-0.05, 0) is 23.6 Å². The molecule has 1 aliphatic carbocycles. The molecule has 0 spiro atoms. The Kier molecular flexibility index (Phi) is 2.13. The SMILES string of the molecule is O=C1CCC2=C(C=Cc3ccccc3N2)C1. The van der Waals surface area contributed by atoms with E-state index in [1.807, 2.05) is 12.1 Å². The summed E-state index contributed by atoms with van der Waals surface area (Å²) in [5, 5.41) is 3.45. The lowest BCUT2D eigenvalue weighted by atomic mass is 9.95. The van der Waals surface area contributed by atoms with E-state index in [2.05, 4.69) is 29.6 Å². The van der Waals surface area contributed by atoms with Crippen LogP contribution in [0, 0.1) is 0 Å². The number of anilines is 1. The summed E-state index contributed by atoms with van der Waals surface area (Å²) < 4.78 is 0. The van der Waals surface area contributed by atoms with Crippen molar-refractivity contribution in [3.05, 3.63) is 47.2 Å². The second-order valence-electron chi connectivity index (χ2n) is 4.26. The molecule has 1 N–H and O–H groups in total. The van der Waals surface area contributed by atoms with Crippen LogP contribution in [-0.2, 0) is 4.79 Å². The fraction of sp³-hybridized carbons (Fsp3) is 0.214. The quantitative estimate of drug-likeness (QED) is 0.714. The van der Waals surface area contributed by atoms with E-state index in [0.29, 0.717) is 18.6 Å². The smallest absolute Gasteiger partial charge is 0.137 e. The minimum Gasteiger partial charge on any atom is -0.358 e. The molecule has 0 fully saturated rings. The number of hydrogen-bond donors (Lipinski definition) is 1. The molecule has 2 aliphatic rings. The average Bonchev–Trinajstić information content (AvgIpc) is 2.48. The van der Waals surface area contributed by atoms with E-state index in [9.17, 15) is 4.79 Å². The Morgan fingerprint density at radius 2 is 1.94 bits per heavy atom. The van der Waals surface area contributed by atoms with Crippen LogP contribution in [0.3, 0.4) is 0 Å². The molecule has 0 radical (unpaired) electrons. The van der Waals surface area contributed by atoms with E-state index in [4.69, 9.17) is 0 Å². The standard InChI is InChI=1S/C14H13NO/c16-12-7-8-14-11(9-12)6-5-10-3-1-2-4-13(10)15-14/h1-6,15H,7-9H2. The zero-order valence-electron chi connectivity index (χ0n) is 8.99. The van der Waals surface area contributed by atoms with Crippen LogP contribution in [0.2, 0.25) is 0 Å². The van der Waals surface area contributed by atoms with Crippen molar-refractivity contribution in [1.82, 2.24) is 0 Å². The maximum Gasteiger partial charge on any atom is 0.137 e. The number of para-hydroxylation sites is 1. The number of rotatable bonds is 0. The summed E-state index contributed by atoms with van der Waals surface area (Å²) in [6.07, 6.45) is 6.25.